The normalized spacial score (nSPS) is 22.8. The zero-order chi connectivity index (χ0) is 22.7. The van der Waals surface area contributed by atoms with Crippen molar-refractivity contribution in [1.82, 2.24) is 0 Å². The molecule has 0 amide bonds. The van der Waals surface area contributed by atoms with Crippen LogP contribution in [-0.2, 0) is 9.53 Å². The predicted octanol–water partition coefficient (Wildman–Crippen LogP) is 4.83. The SMILES string of the molecule is CC(C)(C)OC(=O)CCC/C=C\C[C@H]1CC[C@@H](O)C1/C=C/[C@@H](O)COc1ccccc1. The van der Waals surface area contributed by atoms with E-state index in [1.165, 1.54) is 0 Å². The Kier molecular flexibility index (Phi) is 10.3. The molecule has 1 unspecified atom stereocenters. The van der Waals surface area contributed by atoms with E-state index in [2.05, 4.69) is 12.2 Å². The second kappa shape index (κ2) is 12.7. The first-order valence-corrected chi connectivity index (χ1v) is 11.3. The standard InChI is InChI=1S/C26H38O5/c1-26(2,3)31-25(29)14-10-5-4-7-11-20-15-18-24(28)23(20)17-16-21(27)19-30-22-12-8-6-9-13-22/h4,6-9,12-13,16-17,20-21,23-24,27-28H,5,10-11,14-15,18-19H2,1-3H3/b7-4-,17-16+/t20-,21+,23?,24+/m0/s1. The molecular weight excluding hydrogens is 392 g/mol. The summed E-state index contributed by atoms with van der Waals surface area (Å²) in [7, 11) is 0. The van der Waals surface area contributed by atoms with Gasteiger partial charge in [0.2, 0.25) is 0 Å². The quantitative estimate of drug-likeness (QED) is 0.299. The summed E-state index contributed by atoms with van der Waals surface area (Å²) < 4.78 is 10.9. The van der Waals surface area contributed by atoms with Crippen LogP contribution in [0.4, 0.5) is 0 Å². The fourth-order valence-corrected chi connectivity index (χ4v) is 3.80. The maximum Gasteiger partial charge on any atom is 0.306 e. The molecule has 1 aliphatic carbocycles. The highest BCUT2D eigenvalue weighted by Gasteiger charge is 2.32. The Hall–Kier alpha value is -2.11. The molecule has 2 N–H and O–H groups in total. The molecule has 0 heterocycles. The van der Waals surface area contributed by atoms with Crippen molar-refractivity contribution in [1.29, 1.82) is 0 Å². The summed E-state index contributed by atoms with van der Waals surface area (Å²) in [6, 6.07) is 9.41. The van der Waals surface area contributed by atoms with E-state index in [4.69, 9.17) is 9.47 Å². The third-order valence-corrected chi connectivity index (χ3v) is 5.32. The van der Waals surface area contributed by atoms with Crippen molar-refractivity contribution in [2.75, 3.05) is 6.61 Å². The van der Waals surface area contributed by atoms with Gasteiger partial charge in [-0.25, -0.2) is 0 Å². The number of rotatable bonds is 11. The number of ether oxygens (including phenoxy) is 2. The van der Waals surface area contributed by atoms with Crippen LogP contribution < -0.4 is 4.74 Å². The van der Waals surface area contributed by atoms with Crippen LogP contribution in [0.3, 0.4) is 0 Å². The summed E-state index contributed by atoms with van der Waals surface area (Å²) in [5.41, 5.74) is -0.431. The first-order chi connectivity index (χ1) is 14.7. The van der Waals surface area contributed by atoms with Gasteiger partial charge in [-0.15, -0.1) is 0 Å². The van der Waals surface area contributed by atoms with Crippen molar-refractivity contribution in [3.63, 3.8) is 0 Å². The van der Waals surface area contributed by atoms with Crippen LogP contribution in [0.1, 0.15) is 59.3 Å². The average molecular weight is 431 g/mol. The molecule has 2 rings (SSSR count). The molecular formula is C26H38O5. The lowest BCUT2D eigenvalue weighted by Gasteiger charge is -2.19. The smallest absolute Gasteiger partial charge is 0.306 e. The van der Waals surface area contributed by atoms with E-state index in [-0.39, 0.29) is 24.6 Å². The lowest BCUT2D eigenvalue weighted by molar-refractivity contribution is -0.154. The minimum absolute atomic E-state index is 0.0396. The van der Waals surface area contributed by atoms with Gasteiger partial charge in [0.25, 0.3) is 0 Å². The van der Waals surface area contributed by atoms with Crippen LogP contribution in [0.15, 0.2) is 54.6 Å². The highest BCUT2D eigenvalue weighted by atomic mass is 16.6. The lowest BCUT2D eigenvalue weighted by Crippen LogP contribution is -2.23. The molecule has 31 heavy (non-hydrogen) atoms. The number of aliphatic hydroxyl groups is 2. The summed E-state index contributed by atoms with van der Waals surface area (Å²) >= 11 is 0. The Bertz CT molecular complexity index is 704. The van der Waals surface area contributed by atoms with E-state index in [1.54, 1.807) is 6.08 Å². The van der Waals surface area contributed by atoms with Crippen molar-refractivity contribution < 1.29 is 24.5 Å². The maximum atomic E-state index is 11.7. The van der Waals surface area contributed by atoms with Gasteiger partial charge in [-0.1, -0.05) is 42.5 Å². The zero-order valence-corrected chi connectivity index (χ0v) is 19.1. The van der Waals surface area contributed by atoms with Crippen molar-refractivity contribution in [2.24, 2.45) is 11.8 Å². The first kappa shape index (κ1) is 25.2. The number of benzene rings is 1. The molecule has 0 bridgehead atoms. The van der Waals surface area contributed by atoms with Crippen LogP contribution in [-0.4, -0.2) is 40.6 Å². The summed E-state index contributed by atoms with van der Waals surface area (Å²) in [5, 5.41) is 20.5. The van der Waals surface area contributed by atoms with Crippen LogP contribution in [0.2, 0.25) is 0 Å². The predicted molar refractivity (Wildman–Crippen MR) is 123 cm³/mol. The Morgan fingerprint density at radius 1 is 1.19 bits per heavy atom. The molecule has 0 aliphatic heterocycles. The molecule has 0 aromatic heterocycles. The third kappa shape index (κ3) is 10.2. The third-order valence-electron chi connectivity index (χ3n) is 5.32. The number of aliphatic hydroxyl groups excluding tert-OH is 2. The second-order valence-corrected chi connectivity index (χ2v) is 9.24. The van der Waals surface area contributed by atoms with Crippen LogP contribution in [0.5, 0.6) is 5.75 Å². The van der Waals surface area contributed by atoms with E-state index >= 15 is 0 Å². The molecule has 0 spiro atoms. The Morgan fingerprint density at radius 2 is 1.94 bits per heavy atom. The molecule has 5 heteroatoms. The van der Waals surface area contributed by atoms with Gasteiger partial charge in [-0.05, 0) is 70.9 Å². The highest BCUT2D eigenvalue weighted by molar-refractivity contribution is 5.69. The van der Waals surface area contributed by atoms with Crippen molar-refractivity contribution in [2.45, 2.75) is 77.1 Å². The minimum atomic E-state index is -0.711. The van der Waals surface area contributed by atoms with Gasteiger partial charge in [0.1, 0.15) is 24.1 Å². The Morgan fingerprint density at radius 3 is 2.65 bits per heavy atom. The number of carbonyl (C=O) groups is 1. The number of para-hydroxylation sites is 1. The molecule has 172 valence electrons. The molecule has 1 aromatic rings. The summed E-state index contributed by atoms with van der Waals surface area (Å²) in [4.78, 5) is 11.7. The fraction of sp³-hybridized carbons (Fsp3) is 0.577. The van der Waals surface area contributed by atoms with Gasteiger partial charge in [-0.2, -0.15) is 0 Å². The van der Waals surface area contributed by atoms with E-state index in [9.17, 15) is 15.0 Å². The summed E-state index contributed by atoms with van der Waals surface area (Å²) in [6.45, 7) is 5.81. The van der Waals surface area contributed by atoms with Crippen molar-refractivity contribution in [3.05, 3.63) is 54.6 Å². The highest BCUT2D eigenvalue weighted by Crippen LogP contribution is 2.36. The van der Waals surface area contributed by atoms with Gasteiger partial charge in [0.05, 0.1) is 6.10 Å². The first-order valence-electron chi connectivity index (χ1n) is 11.3. The van der Waals surface area contributed by atoms with E-state index in [0.717, 1.165) is 37.9 Å². The van der Waals surface area contributed by atoms with E-state index in [0.29, 0.717) is 12.3 Å². The number of hydrogen-bond acceptors (Lipinski definition) is 5. The molecule has 1 saturated carbocycles. The molecule has 0 saturated heterocycles. The second-order valence-electron chi connectivity index (χ2n) is 9.24. The molecule has 1 fully saturated rings. The summed E-state index contributed by atoms with van der Waals surface area (Å²) in [5.74, 6) is 0.971. The van der Waals surface area contributed by atoms with Gasteiger partial charge in [0.15, 0.2) is 0 Å². The largest absolute Gasteiger partial charge is 0.491 e. The van der Waals surface area contributed by atoms with Crippen molar-refractivity contribution in [3.8, 4) is 5.75 Å². The fourth-order valence-electron chi connectivity index (χ4n) is 3.80. The van der Waals surface area contributed by atoms with Crippen LogP contribution in [0.25, 0.3) is 0 Å². The number of unbranched alkanes of at least 4 members (excludes halogenated alkanes) is 1. The molecule has 0 radical (unpaired) electrons. The Labute approximate surface area is 186 Å². The number of allylic oxidation sites excluding steroid dienone is 2. The molecule has 1 aliphatic rings. The number of hydrogen-bond donors (Lipinski definition) is 2. The van der Waals surface area contributed by atoms with Crippen LogP contribution in [0, 0.1) is 11.8 Å². The molecule has 5 nitrogen and oxygen atoms in total. The van der Waals surface area contributed by atoms with Crippen molar-refractivity contribution >= 4 is 5.97 Å². The molecule has 4 atom stereocenters. The maximum absolute atomic E-state index is 11.7. The van der Waals surface area contributed by atoms with Crippen LogP contribution >= 0.6 is 0 Å². The number of esters is 1. The van der Waals surface area contributed by atoms with Gasteiger partial charge in [-0.3, -0.25) is 4.79 Å². The number of carbonyl (C=O) groups excluding carboxylic acids is 1. The lowest BCUT2D eigenvalue weighted by atomic mass is 9.91. The zero-order valence-electron chi connectivity index (χ0n) is 19.1. The monoisotopic (exact) mass is 430 g/mol. The van der Waals surface area contributed by atoms with Gasteiger partial charge in [0, 0.05) is 12.3 Å². The minimum Gasteiger partial charge on any atom is -0.491 e. The average Bonchev–Trinajstić information content (AvgIpc) is 3.06. The summed E-state index contributed by atoms with van der Waals surface area (Å²) in [6.07, 6.45) is 11.5. The molecule has 1 aromatic carbocycles. The van der Waals surface area contributed by atoms with E-state index < -0.39 is 11.7 Å². The van der Waals surface area contributed by atoms with Gasteiger partial charge >= 0.3 is 5.97 Å². The Balaban J connectivity index is 1.70. The van der Waals surface area contributed by atoms with Gasteiger partial charge < -0.3 is 19.7 Å². The topological polar surface area (TPSA) is 76.0 Å². The van der Waals surface area contributed by atoms with E-state index in [1.807, 2.05) is 57.2 Å².